The maximum absolute atomic E-state index is 12.2. The predicted octanol–water partition coefficient (Wildman–Crippen LogP) is 0.443. The van der Waals surface area contributed by atoms with Crippen molar-refractivity contribution in [1.82, 2.24) is 10.2 Å². The highest BCUT2D eigenvalue weighted by atomic mass is 16.2. The fraction of sp³-hybridized carbons (Fsp3) is 0.400. The van der Waals surface area contributed by atoms with Gasteiger partial charge in [0.05, 0.1) is 0 Å². The molecule has 2 heterocycles. The van der Waals surface area contributed by atoms with Crippen LogP contribution in [0.1, 0.15) is 24.4 Å². The maximum atomic E-state index is 12.2. The Kier molecular flexibility index (Phi) is 3.37. The normalized spacial score (nSPS) is 20.6. The number of anilines is 1. The first-order chi connectivity index (χ1) is 10.1. The molecule has 0 spiro atoms. The molecule has 2 aliphatic rings. The molecule has 0 bridgehead atoms. The summed E-state index contributed by atoms with van der Waals surface area (Å²) < 4.78 is 0. The van der Waals surface area contributed by atoms with Crippen LogP contribution < -0.4 is 10.2 Å². The second kappa shape index (κ2) is 5.20. The molecule has 21 heavy (non-hydrogen) atoms. The van der Waals surface area contributed by atoms with E-state index in [9.17, 15) is 14.4 Å². The molecular weight excluding hydrogens is 270 g/mol. The van der Waals surface area contributed by atoms with E-state index >= 15 is 0 Å². The molecule has 110 valence electrons. The van der Waals surface area contributed by atoms with Crippen LogP contribution in [-0.2, 0) is 14.4 Å². The van der Waals surface area contributed by atoms with Crippen molar-refractivity contribution in [2.75, 3.05) is 25.0 Å². The summed E-state index contributed by atoms with van der Waals surface area (Å²) >= 11 is 0. The molecule has 0 aliphatic carbocycles. The molecule has 0 radical (unpaired) electrons. The highest BCUT2D eigenvalue weighted by Gasteiger charge is 2.37. The number of carbonyl (C=O) groups excluding carboxylic acids is 3. The van der Waals surface area contributed by atoms with Crippen LogP contribution >= 0.6 is 0 Å². The molecular formula is C15H17N3O3. The number of nitrogens with zero attached hydrogens (tertiary/aromatic N) is 2. The Bertz CT molecular complexity index is 608. The van der Waals surface area contributed by atoms with Gasteiger partial charge in [0.2, 0.25) is 0 Å². The van der Waals surface area contributed by atoms with Crippen molar-refractivity contribution in [2.24, 2.45) is 0 Å². The number of amides is 3. The van der Waals surface area contributed by atoms with Crippen molar-refractivity contribution in [3.63, 3.8) is 0 Å². The van der Waals surface area contributed by atoms with Gasteiger partial charge in [0.1, 0.15) is 6.04 Å². The molecule has 2 aliphatic heterocycles. The van der Waals surface area contributed by atoms with E-state index in [2.05, 4.69) is 5.32 Å². The molecule has 3 rings (SSSR count). The minimum absolute atomic E-state index is 0.223. The number of likely N-dealkylation sites (N-methyl/N-ethyl adjacent to an activating group) is 1. The van der Waals surface area contributed by atoms with Gasteiger partial charge in [0.25, 0.3) is 5.91 Å². The van der Waals surface area contributed by atoms with Gasteiger partial charge in [-0.15, -0.1) is 0 Å². The predicted molar refractivity (Wildman–Crippen MR) is 76.5 cm³/mol. The van der Waals surface area contributed by atoms with E-state index < -0.39 is 17.9 Å². The number of hydrogen-bond donors (Lipinski definition) is 1. The lowest BCUT2D eigenvalue weighted by molar-refractivity contribution is -0.146. The van der Waals surface area contributed by atoms with E-state index in [1.54, 1.807) is 13.1 Å². The van der Waals surface area contributed by atoms with Gasteiger partial charge < -0.3 is 15.1 Å². The average molecular weight is 287 g/mol. The molecule has 1 fully saturated rings. The smallest absolute Gasteiger partial charge is 0.311 e. The molecule has 1 atom stereocenters. The Balaban J connectivity index is 1.77. The van der Waals surface area contributed by atoms with Crippen molar-refractivity contribution in [3.05, 3.63) is 29.8 Å². The van der Waals surface area contributed by atoms with Crippen molar-refractivity contribution >= 4 is 23.4 Å². The number of hydrogen-bond acceptors (Lipinski definition) is 3. The number of benzene rings is 1. The minimum atomic E-state index is -0.773. The van der Waals surface area contributed by atoms with Crippen LogP contribution in [0.4, 0.5) is 5.69 Å². The van der Waals surface area contributed by atoms with Gasteiger partial charge in [-0.05, 0) is 18.9 Å². The zero-order chi connectivity index (χ0) is 15.0. The van der Waals surface area contributed by atoms with Gasteiger partial charge in [-0.25, -0.2) is 0 Å². The quantitative estimate of drug-likeness (QED) is 0.762. The van der Waals surface area contributed by atoms with Crippen molar-refractivity contribution in [2.45, 2.75) is 18.9 Å². The second-order valence-corrected chi connectivity index (χ2v) is 5.36. The first-order valence-corrected chi connectivity index (χ1v) is 7.06. The Labute approximate surface area is 122 Å². The van der Waals surface area contributed by atoms with Crippen molar-refractivity contribution in [3.8, 4) is 0 Å². The summed E-state index contributed by atoms with van der Waals surface area (Å²) in [6.45, 7) is 1.22. The van der Waals surface area contributed by atoms with Crippen molar-refractivity contribution in [1.29, 1.82) is 0 Å². The lowest BCUT2D eigenvalue weighted by Crippen LogP contribution is -2.45. The molecule has 6 nitrogen and oxygen atoms in total. The lowest BCUT2D eigenvalue weighted by Gasteiger charge is -2.17. The molecule has 0 aromatic heterocycles. The first kappa shape index (κ1) is 13.6. The van der Waals surface area contributed by atoms with Gasteiger partial charge in [0, 0.05) is 31.4 Å². The minimum Gasteiger partial charge on any atom is -0.334 e. The van der Waals surface area contributed by atoms with Gasteiger partial charge >= 0.3 is 11.8 Å². The Morgan fingerprint density at radius 3 is 2.57 bits per heavy atom. The molecule has 0 unspecified atom stereocenters. The van der Waals surface area contributed by atoms with E-state index in [4.69, 9.17) is 0 Å². The zero-order valence-electron chi connectivity index (χ0n) is 11.8. The summed E-state index contributed by atoms with van der Waals surface area (Å²) in [5.74, 6) is -1.48. The largest absolute Gasteiger partial charge is 0.334 e. The standard InChI is InChI=1S/C15H17N3O3/c1-17-11-7-3-2-6-10(11)12(14(17)20)16-13(19)15(21)18-8-4-5-9-18/h2-3,6-7,12H,4-5,8-9H2,1H3,(H,16,19)/t12-/m0/s1. The fourth-order valence-corrected chi connectivity index (χ4v) is 2.88. The number of rotatable bonds is 1. The highest BCUT2D eigenvalue weighted by Crippen LogP contribution is 2.34. The van der Waals surface area contributed by atoms with Gasteiger partial charge in [-0.2, -0.15) is 0 Å². The number of fused-ring (bicyclic) bond motifs is 1. The van der Waals surface area contributed by atoms with E-state index in [0.29, 0.717) is 13.1 Å². The Hall–Kier alpha value is -2.37. The number of likely N-dealkylation sites (tertiary alicyclic amines) is 1. The van der Waals surface area contributed by atoms with Crippen LogP contribution in [0.25, 0.3) is 0 Å². The summed E-state index contributed by atoms with van der Waals surface area (Å²) in [6.07, 6.45) is 1.85. The van der Waals surface area contributed by atoms with Crippen LogP contribution in [0.2, 0.25) is 0 Å². The number of carbonyl (C=O) groups is 3. The van der Waals surface area contributed by atoms with E-state index in [-0.39, 0.29) is 5.91 Å². The van der Waals surface area contributed by atoms with Crippen LogP contribution in [0.5, 0.6) is 0 Å². The van der Waals surface area contributed by atoms with Gasteiger partial charge in [0.15, 0.2) is 0 Å². The molecule has 1 aromatic carbocycles. The molecule has 3 amide bonds. The van der Waals surface area contributed by atoms with E-state index in [1.807, 2.05) is 18.2 Å². The second-order valence-electron chi connectivity index (χ2n) is 5.36. The number of para-hydroxylation sites is 1. The monoisotopic (exact) mass is 287 g/mol. The van der Waals surface area contributed by atoms with Crippen LogP contribution in [0.15, 0.2) is 24.3 Å². The lowest BCUT2D eigenvalue weighted by atomic mass is 10.1. The Morgan fingerprint density at radius 2 is 1.86 bits per heavy atom. The van der Waals surface area contributed by atoms with Gasteiger partial charge in [-0.3, -0.25) is 14.4 Å². The molecule has 0 saturated carbocycles. The summed E-state index contributed by atoms with van der Waals surface area (Å²) in [6, 6.07) is 6.49. The third-order valence-corrected chi connectivity index (χ3v) is 4.05. The average Bonchev–Trinajstić information content (AvgIpc) is 3.11. The van der Waals surface area contributed by atoms with Crippen LogP contribution in [0, 0.1) is 0 Å². The summed E-state index contributed by atoms with van der Waals surface area (Å²) in [7, 11) is 1.66. The topological polar surface area (TPSA) is 69.7 Å². The molecule has 1 saturated heterocycles. The SMILES string of the molecule is CN1C(=O)[C@@H](NC(=O)C(=O)N2CCCC2)c2ccccc21. The third-order valence-electron chi connectivity index (χ3n) is 4.05. The van der Waals surface area contributed by atoms with Gasteiger partial charge in [-0.1, -0.05) is 18.2 Å². The van der Waals surface area contributed by atoms with Crippen LogP contribution in [0.3, 0.4) is 0 Å². The summed E-state index contributed by atoms with van der Waals surface area (Å²) in [5.41, 5.74) is 1.49. The first-order valence-electron chi connectivity index (χ1n) is 7.06. The highest BCUT2D eigenvalue weighted by molar-refractivity contribution is 6.35. The molecule has 6 heteroatoms. The fourth-order valence-electron chi connectivity index (χ4n) is 2.88. The summed E-state index contributed by atoms with van der Waals surface area (Å²) in [4.78, 5) is 39.4. The summed E-state index contributed by atoms with van der Waals surface area (Å²) in [5, 5.41) is 2.57. The third kappa shape index (κ3) is 2.26. The maximum Gasteiger partial charge on any atom is 0.311 e. The van der Waals surface area contributed by atoms with Crippen molar-refractivity contribution < 1.29 is 14.4 Å². The van der Waals surface area contributed by atoms with E-state index in [0.717, 1.165) is 24.1 Å². The number of nitrogens with one attached hydrogen (secondary N) is 1. The van der Waals surface area contributed by atoms with E-state index in [1.165, 1.54) is 9.80 Å². The zero-order valence-corrected chi connectivity index (χ0v) is 11.8. The molecule has 1 aromatic rings. The van der Waals surface area contributed by atoms with Crippen LogP contribution in [-0.4, -0.2) is 42.8 Å². The molecule has 1 N–H and O–H groups in total. The Morgan fingerprint density at radius 1 is 1.19 bits per heavy atom.